The molecule has 0 spiro atoms. The first-order chi connectivity index (χ1) is 10.0. The first-order valence-corrected chi connectivity index (χ1v) is 6.90. The van der Waals surface area contributed by atoms with Crippen molar-refractivity contribution in [2.24, 2.45) is 0 Å². The predicted molar refractivity (Wildman–Crippen MR) is 84.7 cm³/mol. The summed E-state index contributed by atoms with van der Waals surface area (Å²) >= 11 is 6.05. The van der Waals surface area contributed by atoms with Gasteiger partial charge in [-0.1, -0.05) is 35.9 Å². The smallest absolute Gasteiger partial charge is 0.255 e. The second-order valence-electron chi connectivity index (χ2n) is 4.64. The number of hydrogen-bond donors (Lipinski definition) is 2. The number of anilines is 1. The Morgan fingerprint density at radius 2 is 1.95 bits per heavy atom. The minimum absolute atomic E-state index is 0.232. The van der Waals surface area contributed by atoms with E-state index in [4.69, 9.17) is 22.1 Å². The summed E-state index contributed by atoms with van der Waals surface area (Å²) in [5.74, 6) is 0.411. The molecule has 0 bridgehead atoms. The number of para-hydroxylation sites is 1. The molecule has 5 heteroatoms. The number of carbonyl (C=O) groups is 1. The van der Waals surface area contributed by atoms with Crippen molar-refractivity contribution in [1.82, 2.24) is 5.32 Å². The highest BCUT2D eigenvalue weighted by molar-refractivity contribution is 6.34. The number of methoxy groups -OCH3 is 1. The molecule has 2 rings (SSSR count). The van der Waals surface area contributed by atoms with Crippen LogP contribution in [0.5, 0.6) is 5.75 Å². The maximum Gasteiger partial charge on any atom is 0.255 e. The van der Waals surface area contributed by atoms with Gasteiger partial charge in [0.05, 0.1) is 23.7 Å². The Balaban J connectivity index is 2.23. The van der Waals surface area contributed by atoms with Crippen LogP contribution < -0.4 is 15.8 Å². The molecule has 0 radical (unpaired) electrons. The highest BCUT2D eigenvalue weighted by atomic mass is 35.5. The molecule has 110 valence electrons. The second-order valence-corrected chi connectivity index (χ2v) is 5.05. The molecule has 1 atom stereocenters. The fourth-order valence-corrected chi connectivity index (χ4v) is 2.42. The van der Waals surface area contributed by atoms with Crippen molar-refractivity contribution < 1.29 is 9.53 Å². The molecule has 0 aliphatic carbocycles. The van der Waals surface area contributed by atoms with Crippen LogP contribution in [0.3, 0.4) is 0 Å². The quantitative estimate of drug-likeness (QED) is 0.851. The van der Waals surface area contributed by atoms with Gasteiger partial charge in [-0.05, 0) is 25.1 Å². The van der Waals surface area contributed by atoms with Crippen LogP contribution >= 0.6 is 11.6 Å². The molecule has 21 heavy (non-hydrogen) atoms. The molecular weight excluding hydrogens is 288 g/mol. The molecule has 2 aromatic rings. The number of ether oxygens (including phenoxy) is 1. The van der Waals surface area contributed by atoms with Crippen LogP contribution in [0.1, 0.15) is 28.9 Å². The minimum atomic E-state index is -0.309. The lowest BCUT2D eigenvalue weighted by atomic mass is 10.1. The van der Waals surface area contributed by atoms with Crippen LogP contribution in [0, 0.1) is 0 Å². The standard InChI is InChI=1S/C16H17ClN2O2/c1-10(11-6-3-4-9-14(11)21-2)19-16(20)15-12(17)7-5-8-13(15)18/h3-10H,18H2,1-2H3,(H,19,20). The monoisotopic (exact) mass is 304 g/mol. The zero-order valence-corrected chi connectivity index (χ0v) is 12.6. The summed E-state index contributed by atoms with van der Waals surface area (Å²) in [6, 6.07) is 12.3. The highest BCUT2D eigenvalue weighted by Gasteiger charge is 2.18. The average molecular weight is 305 g/mol. The zero-order valence-electron chi connectivity index (χ0n) is 11.9. The number of nitrogens with two attached hydrogens (primary N) is 1. The van der Waals surface area contributed by atoms with Crippen LogP contribution in [0.2, 0.25) is 5.02 Å². The van der Waals surface area contributed by atoms with E-state index in [2.05, 4.69) is 5.32 Å². The van der Waals surface area contributed by atoms with Crippen molar-refractivity contribution in [3.8, 4) is 5.75 Å². The molecule has 0 heterocycles. The minimum Gasteiger partial charge on any atom is -0.496 e. The number of benzene rings is 2. The van der Waals surface area contributed by atoms with E-state index >= 15 is 0 Å². The van der Waals surface area contributed by atoms with Crippen molar-refractivity contribution in [3.63, 3.8) is 0 Å². The molecular formula is C16H17ClN2O2. The fraction of sp³-hybridized carbons (Fsp3) is 0.188. The van der Waals surface area contributed by atoms with Gasteiger partial charge < -0.3 is 15.8 Å². The third-order valence-corrected chi connectivity index (χ3v) is 3.54. The predicted octanol–water partition coefficient (Wildman–Crippen LogP) is 3.42. The summed E-state index contributed by atoms with van der Waals surface area (Å²) in [7, 11) is 1.60. The Morgan fingerprint density at radius 3 is 2.62 bits per heavy atom. The van der Waals surface area contributed by atoms with Gasteiger partial charge in [0.25, 0.3) is 5.91 Å². The largest absolute Gasteiger partial charge is 0.496 e. The van der Waals surface area contributed by atoms with Gasteiger partial charge in [-0.2, -0.15) is 0 Å². The maximum atomic E-state index is 12.4. The second kappa shape index (κ2) is 6.50. The lowest BCUT2D eigenvalue weighted by Gasteiger charge is -2.18. The first-order valence-electron chi connectivity index (χ1n) is 6.52. The molecule has 0 fully saturated rings. The van der Waals surface area contributed by atoms with Gasteiger partial charge in [-0.25, -0.2) is 0 Å². The lowest BCUT2D eigenvalue weighted by Crippen LogP contribution is -2.28. The molecule has 0 aromatic heterocycles. The fourth-order valence-electron chi connectivity index (χ4n) is 2.15. The van der Waals surface area contributed by atoms with Gasteiger partial charge in [0.2, 0.25) is 0 Å². The summed E-state index contributed by atoms with van der Waals surface area (Å²) in [5.41, 5.74) is 7.36. The van der Waals surface area contributed by atoms with Gasteiger partial charge in [0.15, 0.2) is 0 Å². The van der Waals surface area contributed by atoms with Crippen molar-refractivity contribution >= 4 is 23.2 Å². The number of carbonyl (C=O) groups excluding carboxylic acids is 1. The average Bonchev–Trinajstić information content (AvgIpc) is 2.46. The van der Waals surface area contributed by atoms with Crippen molar-refractivity contribution in [1.29, 1.82) is 0 Å². The normalized spacial score (nSPS) is 11.8. The molecule has 2 aromatic carbocycles. The van der Waals surface area contributed by atoms with Gasteiger partial charge in [0, 0.05) is 11.3 Å². The third kappa shape index (κ3) is 3.28. The number of nitrogens with one attached hydrogen (secondary N) is 1. The van der Waals surface area contributed by atoms with E-state index in [0.29, 0.717) is 16.3 Å². The summed E-state index contributed by atoms with van der Waals surface area (Å²) in [5, 5.41) is 3.22. The highest BCUT2D eigenvalue weighted by Crippen LogP contribution is 2.26. The third-order valence-electron chi connectivity index (χ3n) is 3.23. The van der Waals surface area contributed by atoms with E-state index in [-0.39, 0.29) is 11.9 Å². The molecule has 1 unspecified atom stereocenters. The van der Waals surface area contributed by atoms with Crippen molar-refractivity contribution in [2.75, 3.05) is 12.8 Å². The van der Waals surface area contributed by atoms with E-state index in [0.717, 1.165) is 11.3 Å². The van der Waals surface area contributed by atoms with Crippen LogP contribution in [-0.2, 0) is 0 Å². The van der Waals surface area contributed by atoms with Gasteiger partial charge in [-0.15, -0.1) is 0 Å². The number of hydrogen-bond acceptors (Lipinski definition) is 3. The van der Waals surface area contributed by atoms with Crippen molar-refractivity contribution in [2.45, 2.75) is 13.0 Å². The Morgan fingerprint density at radius 1 is 1.24 bits per heavy atom. The Labute approximate surface area is 128 Å². The first kappa shape index (κ1) is 15.2. The van der Waals surface area contributed by atoms with Gasteiger partial charge in [0.1, 0.15) is 5.75 Å². The van der Waals surface area contributed by atoms with Crippen LogP contribution in [0.25, 0.3) is 0 Å². The van der Waals surface area contributed by atoms with Crippen molar-refractivity contribution in [3.05, 3.63) is 58.6 Å². The Kier molecular flexibility index (Phi) is 4.70. The summed E-state index contributed by atoms with van der Waals surface area (Å²) < 4.78 is 5.30. The van der Waals surface area contributed by atoms with E-state index in [1.54, 1.807) is 25.3 Å². The Bertz CT molecular complexity index is 638. The topological polar surface area (TPSA) is 64.3 Å². The maximum absolute atomic E-state index is 12.4. The van der Waals surface area contributed by atoms with E-state index < -0.39 is 0 Å². The van der Waals surface area contributed by atoms with E-state index in [9.17, 15) is 4.79 Å². The number of nitrogen functional groups attached to an aromatic ring is 1. The molecule has 4 nitrogen and oxygen atoms in total. The lowest BCUT2D eigenvalue weighted by molar-refractivity contribution is 0.0940. The zero-order chi connectivity index (χ0) is 15.4. The molecule has 1 amide bonds. The number of halogens is 1. The molecule has 0 saturated heterocycles. The van der Waals surface area contributed by atoms with E-state index in [1.807, 2.05) is 31.2 Å². The molecule has 0 saturated carbocycles. The SMILES string of the molecule is COc1ccccc1C(C)NC(=O)c1c(N)cccc1Cl. The Hall–Kier alpha value is -2.20. The van der Waals surface area contributed by atoms with Crippen LogP contribution in [0.4, 0.5) is 5.69 Å². The van der Waals surface area contributed by atoms with Gasteiger partial charge >= 0.3 is 0 Å². The summed E-state index contributed by atoms with van der Waals surface area (Å²) in [6.45, 7) is 1.88. The summed E-state index contributed by atoms with van der Waals surface area (Å²) in [4.78, 5) is 12.4. The number of amides is 1. The van der Waals surface area contributed by atoms with Crippen LogP contribution in [0.15, 0.2) is 42.5 Å². The van der Waals surface area contributed by atoms with Crippen LogP contribution in [-0.4, -0.2) is 13.0 Å². The molecule has 3 N–H and O–H groups in total. The molecule has 0 aliphatic heterocycles. The number of rotatable bonds is 4. The van der Waals surface area contributed by atoms with E-state index in [1.165, 1.54) is 0 Å². The van der Waals surface area contributed by atoms with Gasteiger partial charge in [-0.3, -0.25) is 4.79 Å². The summed E-state index contributed by atoms with van der Waals surface area (Å²) in [6.07, 6.45) is 0. The molecule has 0 aliphatic rings.